The summed E-state index contributed by atoms with van der Waals surface area (Å²) in [6, 6.07) is 14.6. The fraction of sp³-hybridized carbons (Fsp3) is 0.182. The van der Waals surface area contributed by atoms with Crippen molar-refractivity contribution in [3.63, 3.8) is 0 Å². The Hall–Kier alpha value is -2.96. The van der Waals surface area contributed by atoms with Gasteiger partial charge in [0.2, 0.25) is 0 Å². The van der Waals surface area contributed by atoms with E-state index in [0.29, 0.717) is 36.3 Å². The van der Waals surface area contributed by atoms with Gasteiger partial charge in [-0.15, -0.1) is 0 Å². The molecule has 8 heteroatoms. The lowest BCUT2D eigenvalue weighted by molar-refractivity contribution is 0.291. The summed E-state index contributed by atoms with van der Waals surface area (Å²) in [7, 11) is 0. The van der Waals surface area contributed by atoms with Gasteiger partial charge in [-0.25, -0.2) is 0 Å². The lowest BCUT2D eigenvalue weighted by atomic mass is 10.2. The minimum atomic E-state index is 0.518. The maximum Gasteiger partial charge on any atom is 0.119 e. The maximum absolute atomic E-state index is 5.88. The van der Waals surface area contributed by atoms with Crippen molar-refractivity contribution in [3.05, 3.63) is 83.4 Å². The summed E-state index contributed by atoms with van der Waals surface area (Å²) in [6.45, 7) is 2.32. The van der Waals surface area contributed by atoms with Crippen LogP contribution in [0.4, 0.5) is 0 Å². The molecule has 0 atom stereocenters. The lowest BCUT2D eigenvalue weighted by Gasteiger charge is -2.06. The molecule has 154 valence electrons. The van der Waals surface area contributed by atoms with E-state index < -0.39 is 0 Å². The van der Waals surface area contributed by atoms with Crippen molar-refractivity contribution in [1.82, 2.24) is 19.6 Å². The van der Waals surface area contributed by atoms with Crippen molar-refractivity contribution in [2.24, 2.45) is 0 Å². The molecule has 30 heavy (non-hydrogen) atoms. The van der Waals surface area contributed by atoms with Crippen LogP contribution in [0.15, 0.2) is 73.3 Å². The van der Waals surface area contributed by atoms with E-state index in [2.05, 4.69) is 10.2 Å². The molecule has 0 radical (unpaired) electrons. The minimum absolute atomic E-state index is 0.518. The molecule has 0 fully saturated rings. The van der Waals surface area contributed by atoms with Crippen LogP contribution in [0.1, 0.15) is 0 Å². The molecule has 0 saturated heterocycles. The normalized spacial score (nSPS) is 10.9. The molecule has 0 aliphatic heterocycles. The van der Waals surface area contributed by atoms with Gasteiger partial charge in [0.1, 0.15) is 24.7 Å². The van der Waals surface area contributed by atoms with E-state index in [1.165, 1.54) is 0 Å². The highest BCUT2D eigenvalue weighted by Gasteiger charge is 2.06. The first-order chi connectivity index (χ1) is 14.7. The number of rotatable bonds is 9. The van der Waals surface area contributed by atoms with E-state index in [0.717, 1.165) is 22.6 Å². The zero-order valence-electron chi connectivity index (χ0n) is 16.1. The predicted molar refractivity (Wildman–Crippen MR) is 117 cm³/mol. The molecule has 0 unspecified atom stereocenters. The van der Waals surface area contributed by atoms with E-state index in [-0.39, 0.29) is 0 Å². The second-order valence-corrected chi connectivity index (χ2v) is 7.46. The summed E-state index contributed by atoms with van der Waals surface area (Å²) >= 11 is 11.8. The Morgan fingerprint density at radius 2 is 1.03 bits per heavy atom. The Balaban J connectivity index is 1.25. The van der Waals surface area contributed by atoms with Gasteiger partial charge in [0.15, 0.2) is 0 Å². The van der Waals surface area contributed by atoms with Gasteiger partial charge >= 0.3 is 0 Å². The smallest absolute Gasteiger partial charge is 0.119 e. The molecule has 0 spiro atoms. The second-order valence-electron chi connectivity index (χ2n) is 6.59. The van der Waals surface area contributed by atoms with Gasteiger partial charge in [-0.2, -0.15) is 10.2 Å². The summed E-state index contributed by atoms with van der Waals surface area (Å²) in [4.78, 5) is 0. The Bertz CT molecular complexity index is 987. The van der Waals surface area contributed by atoms with Crippen molar-refractivity contribution >= 4 is 23.2 Å². The topological polar surface area (TPSA) is 54.1 Å². The molecule has 0 aliphatic carbocycles. The van der Waals surface area contributed by atoms with Gasteiger partial charge in [0, 0.05) is 33.6 Å². The summed E-state index contributed by atoms with van der Waals surface area (Å²) in [5.74, 6) is 1.57. The summed E-state index contributed by atoms with van der Waals surface area (Å²) in [5, 5.41) is 10.2. The van der Waals surface area contributed by atoms with E-state index in [4.69, 9.17) is 32.7 Å². The number of nitrogens with zero attached hydrogens (tertiary/aromatic N) is 4. The predicted octanol–water partition coefficient (Wildman–Crippen LogP) is 5.21. The molecule has 4 aromatic rings. The molecule has 2 aromatic heterocycles. The lowest BCUT2D eigenvalue weighted by Crippen LogP contribution is -2.08. The first-order valence-corrected chi connectivity index (χ1v) is 10.2. The SMILES string of the molecule is Clc1ccc(OCCn2cc(-c3cnn(CCOc4ccc(Cl)cc4)c3)cn2)cc1. The molecule has 4 rings (SSSR count). The van der Waals surface area contributed by atoms with Crippen molar-refractivity contribution in [3.8, 4) is 22.6 Å². The number of benzene rings is 2. The zero-order chi connectivity index (χ0) is 20.8. The number of aromatic nitrogens is 4. The van der Waals surface area contributed by atoms with Crippen molar-refractivity contribution in [2.45, 2.75) is 13.1 Å². The van der Waals surface area contributed by atoms with Gasteiger partial charge in [-0.3, -0.25) is 9.36 Å². The number of ether oxygens (including phenoxy) is 2. The van der Waals surface area contributed by atoms with E-state index in [1.807, 2.05) is 58.4 Å². The van der Waals surface area contributed by atoms with E-state index >= 15 is 0 Å². The average molecular weight is 443 g/mol. The van der Waals surface area contributed by atoms with Crippen LogP contribution in [0, 0.1) is 0 Å². The third kappa shape index (κ3) is 5.55. The van der Waals surface area contributed by atoms with Gasteiger partial charge in [0.25, 0.3) is 0 Å². The van der Waals surface area contributed by atoms with Crippen LogP contribution in [-0.4, -0.2) is 32.8 Å². The largest absolute Gasteiger partial charge is 0.492 e. The monoisotopic (exact) mass is 442 g/mol. The third-order valence-corrected chi connectivity index (χ3v) is 4.91. The van der Waals surface area contributed by atoms with Gasteiger partial charge in [-0.05, 0) is 48.5 Å². The number of hydrogen-bond acceptors (Lipinski definition) is 4. The van der Waals surface area contributed by atoms with Crippen LogP contribution in [0.25, 0.3) is 11.1 Å². The Morgan fingerprint density at radius 3 is 1.43 bits per heavy atom. The quantitative estimate of drug-likeness (QED) is 0.356. The van der Waals surface area contributed by atoms with Gasteiger partial charge in [-0.1, -0.05) is 23.2 Å². The van der Waals surface area contributed by atoms with Crippen LogP contribution in [0.2, 0.25) is 10.0 Å². The Morgan fingerprint density at radius 1 is 0.633 bits per heavy atom. The van der Waals surface area contributed by atoms with Crippen LogP contribution < -0.4 is 9.47 Å². The van der Waals surface area contributed by atoms with E-state index in [1.54, 1.807) is 24.3 Å². The molecular weight excluding hydrogens is 423 g/mol. The minimum Gasteiger partial charge on any atom is -0.492 e. The van der Waals surface area contributed by atoms with Crippen LogP contribution >= 0.6 is 23.2 Å². The van der Waals surface area contributed by atoms with Crippen LogP contribution in [0.5, 0.6) is 11.5 Å². The van der Waals surface area contributed by atoms with Gasteiger partial charge in [0.05, 0.1) is 25.5 Å². The molecule has 0 N–H and O–H groups in total. The summed E-state index contributed by atoms with van der Waals surface area (Å²) < 4.78 is 15.1. The van der Waals surface area contributed by atoms with Crippen LogP contribution in [0.3, 0.4) is 0 Å². The highest BCUT2D eigenvalue weighted by molar-refractivity contribution is 6.30. The third-order valence-electron chi connectivity index (χ3n) is 4.41. The molecule has 0 aliphatic rings. The molecule has 2 heterocycles. The molecule has 2 aromatic carbocycles. The van der Waals surface area contributed by atoms with E-state index in [9.17, 15) is 0 Å². The fourth-order valence-electron chi connectivity index (χ4n) is 2.85. The van der Waals surface area contributed by atoms with Crippen molar-refractivity contribution < 1.29 is 9.47 Å². The van der Waals surface area contributed by atoms with Crippen molar-refractivity contribution in [2.75, 3.05) is 13.2 Å². The molecule has 0 amide bonds. The molecule has 6 nitrogen and oxygen atoms in total. The molecule has 0 bridgehead atoms. The first kappa shape index (κ1) is 20.3. The maximum atomic E-state index is 5.88. The molecular formula is C22H20Cl2N4O2. The van der Waals surface area contributed by atoms with Gasteiger partial charge < -0.3 is 9.47 Å². The van der Waals surface area contributed by atoms with Crippen molar-refractivity contribution in [1.29, 1.82) is 0 Å². The summed E-state index contributed by atoms with van der Waals surface area (Å²) in [6.07, 6.45) is 7.62. The highest BCUT2D eigenvalue weighted by Crippen LogP contribution is 2.19. The van der Waals surface area contributed by atoms with Crippen LogP contribution in [-0.2, 0) is 13.1 Å². The Labute approximate surface area is 184 Å². The number of halogens is 2. The average Bonchev–Trinajstić information content (AvgIpc) is 3.41. The Kier molecular flexibility index (Phi) is 6.57. The fourth-order valence-corrected chi connectivity index (χ4v) is 3.10. The first-order valence-electron chi connectivity index (χ1n) is 9.48. The molecule has 0 saturated carbocycles. The zero-order valence-corrected chi connectivity index (χ0v) is 17.6. The highest BCUT2D eigenvalue weighted by atomic mass is 35.5. The standard InChI is InChI=1S/C22H20Cl2N4O2/c23-19-1-5-21(6-2-19)29-11-9-27-15-17(13-25-27)18-14-26-28(16-18)10-12-30-22-7-3-20(24)4-8-22/h1-8,13-16H,9-12H2. The summed E-state index contributed by atoms with van der Waals surface area (Å²) in [5.41, 5.74) is 2.01. The number of hydrogen-bond donors (Lipinski definition) is 0. The second kappa shape index (κ2) is 9.69.